The molecule has 0 heterocycles. The second-order valence-electron chi connectivity index (χ2n) is 5.79. The Labute approximate surface area is 176 Å². The van der Waals surface area contributed by atoms with Crippen LogP contribution in [-0.4, -0.2) is 14.8 Å². The van der Waals surface area contributed by atoms with E-state index in [4.69, 9.17) is 0 Å². The molecule has 140 valence electrons. The molecule has 0 aliphatic heterocycles. The normalized spacial score (nSPS) is 9.93. The van der Waals surface area contributed by atoms with Crippen LogP contribution >= 0.6 is 0 Å². The molecule has 0 saturated carbocycles. The van der Waals surface area contributed by atoms with E-state index in [1.54, 1.807) is 36.4 Å². The maximum Gasteiger partial charge on any atom is 1.00 e. The Kier molecular flexibility index (Phi) is 6.72. The van der Waals surface area contributed by atoms with Gasteiger partial charge in [-0.05, 0) is 36.4 Å². The molecule has 29 heavy (non-hydrogen) atoms. The largest absolute Gasteiger partial charge is 1.00 e. The summed E-state index contributed by atoms with van der Waals surface area (Å²) in [6.07, 6.45) is 0. The van der Waals surface area contributed by atoms with Gasteiger partial charge in [0, 0.05) is 0 Å². The van der Waals surface area contributed by atoms with Crippen molar-refractivity contribution in [2.24, 2.45) is 0 Å². The van der Waals surface area contributed by atoms with Crippen LogP contribution in [-0.2, 0) is 0 Å². The number of nitro benzene ring substituents is 3. The second-order valence-corrected chi connectivity index (χ2v) is 5.79. The number of hydrogen-bond donors (Lipinski definition) is 0. The monoisotopic (exact) mass is 385 g/mol. The molecule has 0 bridgehead atoms. The van der Waals surface area contributed by atoms with Gasteiger partial charge in [-0.3, -0.25) is 30.3 Å². The number of non-ortho nitro benzene ring substituents is 3. The third kappa shape index (κ3) is 4.79. The summed E-state index contributed by atoms with van der Waals surface area (Å²) in [6.45, 7) is 0. The molecule has 10 heteroatoms. The molecule has 0 spiro atoms. The minimum absolute atomic E-state index is 0. The Hall–Kier alpha value is -3.67. The molecule has 0 fully saturated rings. The van der Waals surface area contributed by atoms with Gasteiger partial charge in [-0.15, -0.1) is 0 Å². The Morgan fingerprint density at radius 2 is 0.690 bits per heavy atom. The Balaban J connectivity index is 0.00000300. The zero-order chi connectivity index (χ0) is 20.3. The number of nitrogens with zero attached hydrogens (tertiary/aromatic N) is 3. The second kappa shape index (κ2) is 9.01. The van der Waals surface area contributed by atoms with E-state index in [9.17, 15) is 30.3 Å². The van der Waals surface area contributed by atoms with Gasteiger partial charge in [-0.25, -0.2) is 0 Å². The number of hydrogen-bond acceptors (Lipinski definition) is 6. The Bertz CT molecular complexity index is 900. The average Bonchev–Trinajstić information content (AvgIpc) is 2.69. The van der Waals surface area contributed by atoms with E-state index < -0.39 is 14.8 Å². The van der Waals surface area contributed by atoms with Crippen molar-refractivity contribution in [3.8, 4) is 0 Å². The summed E-state index contributed by atoms with van der Waals surface area (Å²) < 4.78 is 0. The van der Waals surface area contributed by atoms with Crippen molar-refractivity contribution >= 4 is 17.1 Å². The first-order chi connectivity index (χ1) is 13.4. The standard InChI is InChI=1S/C19H12N3O6.Li/c23-20(24)16-7-1-13(2-8-16)19(14-3-9-17(10-4-14)21(25)26)15-5-11-18(12-6-15)22(27)28;/h1-12H;/q-1;+1. The first-order valence-electron chi connectivity index (χ1n) is 7.98. The molecule has 0 saturated heterocycles. The molecule has 3 rings (SSSR count). The topological polar surface area (TPSA) is 129 Å². The molecule has 0 N–H and O–H groups in total. The van der Waals surface area contributed by atoms with Gasteiger partial charge < -0.3 is 0 Å². The van der Waals surface area contributed by atoms with Crippen LogP contribution in [0.25, 0.3) is 0 Å². The van der Waals surface area contributed by atoms with Gasteiger partial charge in [0.1, 0.15) is 0 Å². The number of benzene rings is 3. The molecular weight excluding hydrogens is 373 g/mol. The van der Waals surface area contributed by atoms with Crippen molar-refractivity contribution in [1.29, 1.82) is 0 Å². The van der Waals surface area contributed by atoms with Crippen molar-refractivity contribution < 1.29 is 33.6 Å². The molecular formula is C19H12LiN3O6. The zero-order valence-electron chi connectivity index (χ0n) is 15.2. The van der Waals surface area contributed by atoms with Crippen molar-refractivity contribution in [3.05, 3.63) is 126 Å². The van der Waals surface area contributed by atoms with E-state index >= 15 is 0 Å². The number of nitro groups is 3. The molecule has 0 aromatic heterocycles. The van der Waals surface area contributed by atoms with E-state index in [0.29, 0.717) is 22.6 Å². The fraction of sp³-hybridized carbons (Fsp3) is 0. The molecule has 0 unspecified atom stereocenters. The Morgan fingerprint density at radius 1 is 0.483 bits per heavy atom. The minimum Gasteiger partial charge on any atom is -0.258 e. The van der Waals surface area contributed by atoms with E-state index in [1.807, 2.05) is 0 Å². The first kappa shape index (κ1) is 21.6. The molecule has 3 aromatic carbocycles. The molecule has 3 aromatic rings. The van der Waals surface area contributed by atoms with Gasteiger partial charge in [0.2, 0.25) is 0 Å². The van der Waals surface area contributed by atoms with Crippen molar-refractivity contribution in [3.63, 3.8) is 0 Å². The van der Waals surface area contributed by atoms with Crippen molar-refractivity contribution in [1.82, 2.24) is 0 Å². The molecule has 0 aliphatic carbocycles. The molecule has 0 amide bonds. The van der Waals surface area contributed by atoms with Gasteiger partial charge in [-0.1, -0.05) is 59.0 Å². The smallest absolute Gasteiger partial charge is 0.258 e. The maximum atomic E-state index is 10.9. The van der Waals surface area contributed by atoms with Crippen LogP contribution in [0.4, 0.5) is 17.1 Å². The van der Waals surface area contributed by atoms with E-state index in [-0.39, 0.29) is 35.9 Å². The molecule has 0 aliphatic rings. The van der Waals surface area contributed by atoms with E-state index in [0.717, 1.165) is 0 Å². The molecule has 0 radical (unpaired) electrons. The predicted molar refractivity (Wildman–Crippen MR) is 99.8 cm³/mol. The zero-order valence-corrected chi connectivity index (χ0v) is 15.2. The van der Waals surface area contributed by atoms with Crippen LogP contribution in [0.5, 0.6) is 0 Å². The van der Waals surface area contributed by atoms with Crippen LogP contribution in [0.2, 0.25) is 0 Å². The first-order valence-corrected chi connectivity index (χ1v) is 7.98. The maximum absolute atomic E-state index is 10.9. The molecule has 9 nitrogen and oxygen atoms in total. The SMILES string of the molecule is O=[N+]([O-])c1ccc([C-](c2ccc([N+](=O)[O-])cc2)c2ccc([N+](=O)[O-])cc2)cc1.[Li+]. The summed E-state index contributed by atoms with van der Waals surface area (Å²) in [6, 6.07) is 17.5. The number of rotatable bonds is 6. The van der Waals surface area contributed by atoms with E-state index in [1.165, 1.54) is 36.4 Å². The van der Waals surface area contributed by atoms with Crippen LogP contribution in [0.3, 0.4) is 0 Å². The van der Waals surface area contributed by atoms with Gasteiger partial charge in [0.15, 0.2) is 0 Å². The summed E-state index contributed by atoms with van der Waals surface area (Å²) >= 11 is 0. The summed E-state index contributed by atoms with van der Waals surface area (Å²) in [5.74, 6) is 0.639. The minimum atomic E-state index is -0.513. The van der Waals surface area contributed by atoms with Crippen molar-refractivity contribution in [2.75, 3.05) is 0 Å². The summed E-state index contributed by atoms with van der Waals surface area (Å²) in [4.78, 5) is 31.1. The average molecular weight is 385 g/mol. The Morgan fingerprint density at radius 3 is 0.862 bits per heavy atom. The fourth-order valence-corrected chi connectivity index (χ4v) is 2.75. The van der Waals surface area contributed by atoms with Gasteiger partial charge in [-0.2, -0.15) is 0 Å². The summed E-state index contributed by atoms with van der Waals surface area (Å²) in [7, 11) is 0. The predicted octanol–water partition coefficient (Wildman–Crippen LogP) is 1.43. The third-order valence-electron chi connectivity index (χ3n) is 4.10. The van der Waals surface area contributed by atoms with Gasteiger partial charge >= 0.3 is 18.9 Å². The summed E-state index contributed by atoms with van der Waals surface area (Å²) in [5.41, 5.74) is 1.68. The van der Waals surface area contributed by atoms with E-state index in [2.05, 4.69) is 0 Å². The van der Waals surface area contributed by atoms with Crippen LogP contribution < -0.4 is 18.9 Å². The third-order valence-corrected chi connectivity index (χ3v) is 4.10. The fourth-order valence-electron chi connectivity index (χ4n) is 2.75. The van der Waals surface area contributed by atoms with Crippen molar-refractivity contribution in [2.45, 2.75) is 0 Å². The quantitative estimate of drug-likeness (QED) is 0.207. The van der Waals surface area contributed by atoms with Gasteiger partial charge in [0.05, 0.1) is 14.8 Å². The van der Waals surface area contributed by atoms with Crippen LogP contribution in [0, 0.1) is 36.3 Å². The van der Waals surface area contributed by atoms with Crippen LogP contribution in [0.1, 0.15) is 16.7 Å². The summed E-state index contributed by atoms with van der Waals surface area (Å²) in [5, 5.41) is 32.7. The van der Waals surface area contributed by atoms with Crippen LogP contribution in [0.15, 0.2) is 72.8 Å². The van der Waals surface area contributed by atoms with Gasteiger partial charge in [0.25, 0.3) is 17.1 Å². The molecule has 0 atom stereocenters.